The summed E-state index contributed by atoms with van der Waals surface area (Å²) in [5.74, 6) is -2.87. The third kappa shape index (κ3) is 3.22. The molecule has 2 unspecified atom stereocenters. The minimum absolute atomic E-state index is 0.0530. The number of amides is 1. The summed E-state index contributed by atoms with van der Waals surface area (Å²) in [6.07, 6.45) is 1.71. The number of sulfonamides is 1. The Hall–Kier alpha value is -2.09. The van der Waals surface area contributed by atoms with E-state index in [9.17, 15) is 18.0 Å². The van der Waals surface area contributed by atoms with Gasteiger partial charge in [-0.05, 0) is 37.8 Å². The van der Waals surface area contributed by atoms with E-state index in [1.54, 1.807) is 6.07 Å². The molecule has 25 heavy (non-hydrogen) atoms. The van der Waals surface area contributed by atoms with Gasteiger partial charge in [0.2, 0.25) is 15.9 Å². The Labute approximate surface area is 147 Å². The average Bonchev–Trinajstić information content (AvgIpc) is 3.05. The highest BCUT2D eigenvalue weighted by atomic mass is 32.2. The van der Waals surface area contributed by atoms with Gasteiger partial charge in [0, 0.05) is 19.6 Å². The first kappa shape index (κ1) is 17.7. The fourth-order valence-electron chi connectivity index (χ4n) is 3.51. The Kier molecular flexibility index (Phi) is 4.73. The molecule has 2 aliphatic heterocycles. The van der Waals surface area contributed by atoms with Crippen molar-refractivity contribution in [2.45, 2.75) is 31.4 Å². The number of carbonyl (C=O) groups is 2. The second-order valence-corrected chi connectivity index (χ2v) is 8.74. The van der Waals surface area contributed by atoms with E-state index < -0.39 is 33.1 Å². The van der Waals surface area contributed by atoms with Crippen LogP contribution in [-0.2, 0) is 26.0 Å². The van der Waals surface area contributed by atoms with Gasteiger partial charge in [-0.2, -0.15) is 0 Å². The summed E-state index contributed by atoms with van der Waals surface area (Å²) in [5.41, 5.74) is 1.72. The lowest BCUT2D eigenvalue weighted by atomic mass is 10.1. The molecule has 1 aromatic rings. The van der Waals surface area contributed by atoms with E-state index in [0.717, 1.165) is 5.56 Å². The summed E-state index contributed by atoms with van der Waals surface area (Å²) < 4.78 is 27.6. The normalized spacial score (nSPS) is 21.7. The zero-order valence-electron chi connectivity index (χ0n) is 14.1. The van der Waals surface area contributed by atoms with Crippen molar-refractivity contribution in [3.05, 3.63) is 29.8 Å². The quantitative estimate of drug-likeness (QED) is 0.805. The molecule has 2 atom stereocenters. The lowest BCUT2D eigenvalue weighted by molar-refractivity contribution is -0.150. The van der Waals surface area contributed by atoms with Crippen molar-refractivity contribution >= 4 is 27.6 Å². The van der Waals surface area contributed by atoms with Crippen LogP contribution in [0.5, 0.6) is 0 Å². The number of nitrogens with zero attached hydrogens (tertiary/aromatic N) is 2. The minimum Gasteiger partial charge on any atom is -0.481 e. The number of piperidine rings is 1. The van der Waals surface area contributed by atoms with Crippen LogP contribution in [0.1, 0.15) is 25.3 Å². The first-order valence-corrected chi connectivity index (χ1v) is 9.93. The van der Waals surface area contributed by atoms with Crippen molar-refractivity contribution < 1.29 is 23.1 Å². The molecule has 1 fully saturated rings. The highest BCUT2D eigenvalue weighted by Crippen LogP contribution is 2.33. The van der Waals surface area contributed by atoms with Gasteiger partial charge < -0.3 is 10.0 Å². The fraction of sp³-hybridized carbons (Fsp3) is 0.529. The molecule has 7 nitrogen and oxygen atoms in total. The number of benzene rings is 1. The Morgan fingerprint density at radius 2 is 1.96 bits per heavy atom. The molecule has 136 valence electrons. The van der Waals surface area contributed by atoms with Gasteiger partial charge in [0.1, 0.15) is 5.92 Å². The summed E-state index contributed by atoms with van der Waals surface area (Å²) >= 11 is 0. The number of likely N-dealkylation sites (tertiary alicyclic amines) is 1. The summed E-state index contributed by atoms with van der Waals surface area (Å²) in [6, 6.07) is 7.44. The first-order valence-electron chi connectivity index (χ1n) is 8.43. The number of hydrogen-bond acceptors (Lipinski definition) is 4. The molecule has 0 aliphatic carbocycles. The van der Waals surface area contributed by atoms with Gasteiger partial charge >= 0.3 is 5.97 Å². The molecule has 0 radical (unpaired) electrons. The summed E-state index contributed by atoms with van der Waals surface area (Å²) in [5, 5.41) is 8.32. The van der Waals surface area contributed by atoms with Gasteiger partial charge in [-0.25, -0.2) is 8.42 Å². The Morgan fingerprint density at radius 1 is 1.24 bits per heavy atom. The number of aliphatic carboxylic acids is 1. The Bertz CT molecular complexity index is 792. The van der Waals surface area contributed by atoms with Gasteiger partial charge in [-0.3, -0.25) is 13.9 Å². The summed E-state index contributed by atoms with van der Waals surface area (Å²) in [4.78, 5) is 24.7. The van der Waals surface area contributed by atoms with E-state index in [1.807, 2.05) is 18.2 Å². The zero-order valence-corrected chi connectivity index (χ0v) is 14.9. The monoisotopic (exact) mass is 366 g/mol. The maximum absolute atomic E-state index is 13.1. The van der Waals surface area contributed by atoms with Gasteiger partial charge in [0.25, 0.3) is 0 Å². The number of hydrogen-bond donors (Lipinski definition) is 1. The number of para-hydroxylation sites is 1. The van der Waals surface area contributed by atoms with Crippen LogP contribution >= 0.6 is 0 Å². The second-order valence-electron chi connectivity index (χ2n) is 6.60. The van der Waals surface area contributed by atoms with E-state index in [-0.39, 0.29) is 6.54 Å². The Morgan fingerprint density at radius 3 is 2.68 bits per heavy atom. The SMILES string of the molecule is CC(C(=O)O)C(=O)N1CCCC(S(=O)(=O)N2CCc3ccccc32)C1. The molecular formula is C17H22N2O5S. The van der Waals surface area contributed by atoms with Gasteiger partial charge in [0.05, 0.1) is 10.9 Å². The first-order chi connectivity index (χ1) is 11.8. The van der Waals surface area contributed by atoms with Gasteiger partial charge in [-0.15, -0.1) is 0 Å². The van der Waals surface area contributed by atoms with E-state index in [1.165, 1.54) is 16.1 Å². The molecule has 1 aromatic carbocycles. The summed E-state index contributed by atoms with van der Waals surface area (Å²) in [6.45, 7) is 2.20. The highest BCUT2D eigenvalue weighted by Gasteiger charge is 2.40. The zero-order chi connectivity index (χ0) is 18.2. The van der Waals surface area contributed by atoms with Crippen molar-refractivity contribution in [3.8, 4) is 0 Å². The molecule has 1 saturated heterocycles. The number of rotatable bonds is 4. The number of carboxylic acid groups (broad SMARTS) is 1. The number of fused-ring (bicyclic) bond motifs is 1. The molecule has 0 saturated carbocycles. The molecule has 0 spiro atoms. The molecular weight excluding hydrogens is 344 g/mol. The number of carboxylic acids is 1. The van der Waals surface area contributed by atoms with Crippen molar-refractivity contribution in [2.75, 3.05) is 23.9 Å². The van der Waals surface area contributed by atoms with Crippen LogP contribution in [-0.4, -0.2) is 55.2 Å². The average molecular weight is 366 g/mol. The van der Waals surface area contributed by atoms with E-state index in [4.69, 9.17) is 5.11 Å². The smallest absolute Gasteiger partial charge is 0.315 e. The van der Waals surface area contributed by atoms with Crippen LogP contribution in [0.15, 0.2) is 24.3 Å². The highest BCUT2D eigenvalue weighted by molar-refractivity contribution is 7.93. The van der Waals surface area contributed by atoms with E-state index >= 15 is 0 Å². The van der Waals surface area contributed by atoms with Crippen LogP contribution in [0.3, 0.4) is 0 Å². The lowest BCUT2D eigenvalue weighted by Gasteiger charge is -2.35. The van der Waals surface area contributed by atoms with Gasteiger partial charge in [-0.1, -0.05) is 18.2 Å². The van der Waals surface area contributed by atoms with Crippen LogP contribution in [0.2, 0.25) is 0 Å². The molecule has 2 heterocycles. The maximum Gasteiger partial charge on any atom is 0.315 e. The predicted molar refractivity (Wildman–Crippen MR) is 92.8 cm³/mol. The van der Waals surface area contributed by atoms with E-state index in [0.29, 0.717) is 38.0 Å². The fourth-order valence-corrected chi connectivity index (χ4v) is 5.50. The molecule has 8 heteroatoms. The largest absolute Gasteiger partial charge is 0.481 e. The predicted octanol–water partition coefficient (Wildman–Crippen LogP) is 1.09. The van der Waals surface area contributed by atoms with Crippen LogP contribution in [0, 0.1) is 5.92 Å². The van der Waals surface area contributed by atoms with Crippen LogP contribution in [0.4, 0.5) is 5.69 Å². The molecule has 0 aromatic heterocycles. The summed E-state index contributed by atoms with van der Waals surface area (Å²) in [7, 11) is -3.60. The number of carbonyl (C=O) groups excluding carboxylic acids is 1. The van der Waals surface area contributed by atoms with E-state index in [2.05, 4.69) is 0 Å². The van der Waals surface area contributed by atoms with Crippen molar-refractivity contribution in [1.82, 2.24) is 4.90 Å². The van der Waals surface area contributed by atoms with Crippen LogP contribution in [0.25, 0.3) is 0 Å². The topological polar surface area (TPSA) is 95.0 Å². The van der Waals surface area contributed by atoms with Crippen molar-refractivity contribution in [2.24, 2.45) is 5.92 Å². The third-order valence-corrected chi connectivity index (χ3v) is 7.22. The Balaban J connectivity index is 1.79. The van der Waals surface area contributed by atoms with Crippen molar-refractivity contribution in [3.63, 3.8) is 0 Å². The molecule has 1 N–H and O–H groups in total. The minimum atomic E-state index is -3.60. The maximum atomic E-state index is 13.1. The molecule has 1 amide bonds. The van der Waals surface area contributed by atoms with Crippen molar-refractivity contribution in [1.29, 1.82) is 0 Å². The molecule has 2 aliphatic rings. The lowest BCUT2D eigenvalue weighted by Crippen LogP contribution is -2.51. The molecule has 0 bridgehead atoms. The second kappa shape index (κ2) is 6.67. The standard InChI is InChI=1S/C17H22N2O5S/c1-12(17(21)22)16(20)18-9-4-6-14(11-18)25(23,24)19-10-8-13-5-2-3-7-15(13)19/h2-3,5,7,12,14H,4,6,8-11H2,1H3,(H,21,22). The van der Waals surface area contributed by atoms with Gasteiger partial charge in [0.15, 0.2) is 0 Å². The van der Waals surface area contributed by atoms with Crippen LogP contribution < -0.4 is 4.31 Å². The third-order valence-electron chi connectivity index (χ3n) is 5.00. The number of anilines is 1. The molecule has 3 rings (SSSR count).